The van der Waals surface area contributed by atoms with Crippen molar-refractivity contribution in [3.05, 3.63) is 35.4 Å². The molecule has 5 atom stereocenters. The molecule has 0 spiro atoms. The lowest BCUT2D eigenvalue weighted by atomic mass is 9.68. The molecule has 2 aliphatic heterocycles. The van der Waals surface area contributed by atoms with E-state index in [1.807, 2.05) is 6.92 Å². The lowest BCUT2D eigenvalue weighted by Crippen LogP contribution is -2.57. The molecule has 2 N–H and O–H groups in total. The van der Waals surface area contributed by atoms with E-state index in [1.54, 1.807) is 24.3 Å². The van der Waals surface area contributed by atoms with Gasteiger partial charge in [-0.3, -0.25) is 24.1 Å². The van der Waals surface area contributed by atoms with E-state index in [-0.39, 0.29) is 54.6 Å². The molecule has 1 saturated carbocycles. The van der Waals surface area contributed by atoms with Crippen molar-refractivity contribution in [1.82, 2.24) is 15.5 Å². The molecule has 30 heavy (non-hydrogen) atoms. The van der Waals surface area contributed by atoms with Gasteiger partial charge in [-0.05, 0) is 49.7 Å². The molecule has 1 aromatic carbocycles. The minimum Gasteiger partial charge on any atom is -0.353 e. The maximum Gasteiger partial charge on any atom is 0.261 e. The van der Waals surface area contributed by atoms with Gasteiger partial charge >= 0.3 is 0 Å². The van der Waals surface area contributed by atoms with Gasteiger partial charge < -0.3 is 10.6 Å². The monoisotopic (exact) mass is 411 g/mol. The van der Waals surface area contributed by atoms with Crippen molar-refractivity contribution >= 4 is 23.6 Å². The van der Waals surface area contributed by atoms with E-state index in [9.17, 15) is 19.2 Å². The average Bonchev–Trinajstić information content (AvgIpc) is 2.97. The SMILES string of the molecule is CC1C(=O)NC2CC(NC(=O)CCCN3C(=O)c4ccccc4C3=O)CCC2C1C. The molecule has 0 radical (unpaired) electrons. The molecule has 2 fully saturated rings. The van der Waals surface area contributed by atoms with E-state index in [0.717, 1.165) is 19.3 Å². The van der Waals surface area contributed by atoms with E-state index in [2.05, 4.69) is 17.6 Å². The zero-order valence-electron chi connectivity index (χ0n) is 17.5. The lowest BCUT2D eigenvalue weighted by Gasteiger charge is -2.45. The van der Waals surface area contributed by atoms with Crippen LogP contribution in [0.4, 0.5) is 0 Å². The van der Waals surface area contributed by atoms with E-state index in [1.165, 1.54) is 4.90 Å². The van der Waals surface area contributed by atoms with Gasteiger partial charge in [0.05, 0.1) is 11.1 Å². The summed E-state index contributed by atoms with van der Waals surface area (Å²) in [5.41, 5.74) is 0.864. The first-order valence-corrected chi connectivity index (χ1v) is 10.9. The predicted molar refractivity (Wildman–Crippen MR) is 111 cm³/mol. The Labute approximate surface area is 176 Å². The normalized spacial score (nSPS) is 30.5. The van der Waals surface area contributed by atoms with E-state index in [4.69, 9.17) is 0 Å². The van der Waals surface area contributed by atoms with Crippen LogP contribution in [-0.4, -0.2) is 47.2 Å². The molecule has 3 aliphatic rings. The second kappa shape index (κ2) is 8.20. The Balaban J connectivity index is 1.24. The van der Waals surface area contributed by atoms with Gasteiger partial charge in [0.1, 0.15) is 0 Å². The minimum absolute atomic E-state index is 0.0412. The molecule has 5 unspecified atom stereocenters. The van der Waals surface area contributed by atoms with Gasteiger partial charge in [0, 0.05) is 31.0 Å². The zero-order valence-corrected chi connectivity index (χ0v) is 17.5. The van der Waals surface area contributed by atoms with Crippen molar-refractivity contribution in [3.63, 3.8) is 0 Å². The van der Waals surface area contributed by atoms with Crippen LogP contribution in [-0.2, 0) is 9.59 Å². The Hall–Kier alpha value is -2.70. The molecule has 2 heterocycles. The summed E-state index contributed by atoms with van der Waals surface area (Å²) in [5.74, 6) is 0.339. The summed E-state index contributed by atoms with van der Waals surface area (Å²) >= 11 is 0. The van der Waals surface area contributed by atoms with Gasteiger partial charge in [0.2, 0.25) is 11.8 Å². The van der Waals surface area contributed by atoms with Crippen molar-refractivity contribution in [2.24, 2.45) is 17.8 Å². The Kier molecular flexibility index (Phi) is 5.62. The van der Waals surface area contributed by atoms with Crippen LogP contribution in [0.5, 0.6) is 0 Å². The number of benzene rings is 1. The number of fused-ring (bicyclic) bond motifs is 2. The Morgan fingerprint density at radius 3 is 2.43 bits per heavy atom. The largest absolute Gasteiger partial charge is 0.353 e. The number of imide groups is 1. The van der Waals surface area contributed by atoms with Crippen molar-refractivity contribution in [1.29, 1.82) is 0 Å². The van der Waals surface area contributed by atoms with Crippen LogP contribution in [0, 0.1) is 17.8 Å². The summed E-state index contributed by atoms with van der Waals surface area (Å²) in [6, 6.07) is 6.98. The third-order valence-corrected chi connectivity index (χ3v) is 7.14. The number of nitrogens with zero attached hydrogens (tertiary/aromatic N) is 1. The fourth-order valence-corrected chi connectivity index (χ4v) is 5.18. The number of piperidine rings is 1. The van der Waals surface area contributed by atoms with Gasteiger partial charge in [-0.15, -0.1) is 0 Å². The maximum absolute atomic E-state index is 12.4. The molecule has 1 saturated heterocycles. The maximum atomic E-state index is 12.4. The first kappa shape index (κ1) is 20.6. The number of hydrogen-bond acceptors (Lipinski definition) is 4. The standard InChI is InChI=1S/C23H29N3O4/c1-13-14(2)21(28)25-19-12-15(9-10-16(13)19)24-20(27)8-5-11-26-22(29)17-6-3-4-7-18(17)23(26)30/h3-4,6-7,13-16,19H,5,8-12H2,1-2H3,(H,24,27)(H,25,28). The number of carbonyl (C=O) groups is 4. The first-order valence-electron chi connectivity index (χ1n) is 10.9. The molecule has 4 amide bonds. The summed E-state index contributed by atoms with van der Waals surface area (Å²) in [7, 11) is 0. The summed E-state index contributed by atoms with van der Waals surface area (Å²) in [6.07, 6.45) is 3.37. The summed E-state index contributed by atoms with van der Waals surface area (Å²) in [4.78, 5) is 50.5. The molecule has 4 rings (SSSR count). The molecular weight excluding hydrogens is 382 g/mol. The minimum atomic E-state index is -0.286. The molecule has 7 nitrogen and oxygen atoms in total. The molecule has 160 valence electrons. The quantitative estimate of drug-likeness (QED) is 0.726. The topological polar surface area (TPSA) is 95.6 Å². The zero-order chi connectivity index (χ0) is 21.4. The van der Waals surface area contributed by atoms with Crippen molar-refractivity contribution in [3.8, 4) is 0 Å². The third kappa shape index (κ3) is 3.73. The highest BCUT2D eigenvalue weighted by atomic mass is 16.2. The average molecular weight is 412 g/mol. The second-order valence-corrected chi connectivity index (χ2v) is 8.92. The van der Waals surface area contributed by atoms with Gasteiger partial charge in [0.25, 0.3) is 11.8 Å². The predicted octanol–water partition coefficient (Wildman–Crippen LogP) is 2.12. The smallest absolute Gasteiger partial charge is 0.261 e. The molecular formula is C23H29N3O4. The van der Waals surface area contributed by atoms with Crippen LogP contribution in [0.15, 0.2) is 24.3 Å². The molecule has 7 heteroatoms. The second-order valence-electron chi connectivity index (χ2n) is 8.92. The Morgan fingerprint density at radius 1 is 1.10 bits per heavy atom. The number of hydrogen-bond donors (Lipinski definition) is 2. The van der Waals surface area contributed by atoms with Crippen LogP contribution in [0.1, 0.15) is 66.7 Å². The fourth-order valence-electron chi connectivity index (χ4n) is 5.18. The third-order valence-electron chi connectivity index (χ3n) is 7.14. The first-order chi connectivity index (χ1) is 14.4. The van der Waals surface area contributed by atoms with Crippen LogP contribution >= 0.6 is 0 Å². The number of nitrogens with one attached hydrogen (secondary N) is 2. The highest BCUT2D eigenvalue weighted by molar-refractivity contribution is 6.21. The summed E-state index contributed by atoms with van der Waals surface area (Å²) < 4.78 is 0. The Bertz CT molecular complexity index is 848. The van der Waals surface area contributed by atoms with Gasteiger partial charge in [0.15, 0.2) is 0 Å². The highest BCUT2D eigenvalue weighted by Crippen LogP contribution is 2.37. The number of rotatable bonds is 5. The van der Waals surface area contributed by atoms with Gasteiger partial charge in [-0.1, -0.05) is 26.0 Å². The Morgan fingerprint density at radius 2 is 1.77 bits per heavy atom. The van der Waals surface area contributed by atoms with Crippen molar-refractivity contribution in [2.75, 3.05) is 6.54 Å². The van der Waals surface area contributed by atoms with Crippen LogP contribution in [0.25, 0.3) is 0 Å². The lowest BCUT2D eigenvalue weighted by molar-refractivity contribution is -0.132. The van der Waals surface area contributed by atoms with E-state index in [0.29, 0.717) is 29.4 Å². The van der Waals surface area contributed by atoms with E-state index >= 15 is 0 Å². The van der Waals surface area contributed by atoms with Gasteiger partial charge in [-0.25, -0.2) is 0 Å². The summed E-state index contributed by atoms with van der Waals surface area (Å²) in [5, 5.41) is 6.21. The summed E-state index contributed by atoms with van der Waals surface area (Å²) in [6.45, 7) is 4.37. The van der Waals surface area contributed by atoms with Crippen LogP contribution in [0.2, 0.25) is 0 Å². The molecule has 0 aromatic heterocycles. The van der Waals surface area contributed by atoms with Crippen molar-refractivity contribution < 1.29 is 19.2 Å². The molecule has 1 aromatic rings. The number of amides is 4. The van der Waals surface area contributed by atoms with Crippen LogP contribution in [0.3, 0.4) is 0 Å². The van der Waals surface area contributed by atoms with Gasteiger partial charge in [-0.2, -0.15) is 0 Å². The molecule has 1 aliphatic carbocycles. The highest BCUT2D eigenvalue weighted by Gasteiger charge is 2.42. The molecule has 0 bridgehead atoms. The van der Waals surface area contributed by atoms with Crippen LogP contribution < -0.4 is 10.6 Å². The number of carbonyl (C=O) groups excluding carboxylic acids is 4. The van der Waals surface area contributed by atoms with E-state index < -0.39 is 0 Å². The van der Waals surface area contributed by atoms with Crippen molar-refractivity contribution in [2.45, 2.75) is 58.0 Å². The fraction of sp³-hybridized carbons (Fsp3) is 0.565.